The number of rotatable bonds is 2. The minimum absolute atomic E-state index is 0.0978. The van der Waals surface area contributed by atoms with E-state index in [2.05, 4.69) is 25.7 Å². The highest BCUT2D eigenvalue weighted by atomic mass is 16.3. The van der Waals surface area contributed by atoms with Crippen LogP contribution >= 0.6 is 0 Å². The van der Waals surface area contributed by atoms with Gasteiger partial charge in [-0.1, -0.05) is 0 Å². The topological polar surface area (TPSA) is 49.5 Å². The lowest BCUT2D eigenvalue weighted by Crippen LogP contribution is -2.47. The standard InChI is InChI=1S/C9H20N2O/c1-7(2)11-5-9(10,6-12)4-8(11)3/h7-8,12H,4-6,10H2,1-3H3. The third-order valence-electron chi connectivity index (χ3n) is 2.74. The molecule has 0 amide bonds. The third kappa shape index (κ3) is 1.79. The number of aliphatic hydroxyl groups excluding tert-OH is 1. The molecule has 1 aliphatic heterocycles. The highest BCUT2D eigenvalue weighted by molar-refractivity contribution is 4.98. The molecule has 0 bridgehead atoms. The number of hydrogen-bond acceptors (Lipinski definition) is 3. The highest BCUT2D eigenvalue weighted by Crippen LogP contribution is 2.26. The third-order valence-corrected chi connectivity index (χ3v) is 2.74. The van der Waals surface area contributed by atoms with Crippen LogP contribution in [0, 0.1) is 0 Å². The van der Waals surface area contributed by atoms with E-state index in [-0.39, 0.29) is 12.1 Å². The zero-order chi connectivity index (χ0) is 9.35. The lowest BCUT2D eigenvalue weighted by Gasteiger charge is -2.26. The van der Waals surface area contributed by atoms with Crippen LogP contribution in [0.15, 0.2) is 0 Å². The molecule has 12 heavy (non-hydrogen) atoms. The molecule has 3 heteroatoms. The zero-order valence-corrected chi connectivity index (χ0v) is 8.25. The van der Waals surface area contributed by atoms with Crippen LogP contribution in [-0.4, -0.2) is 40.8 Å². The summed E-state index contributed by atoms with van der Waals surface area (Å²) in [6, 6.07) is 1.03. The number of nitrogens with zero attached hydrogens (tertiary/aromatic N) is 1. The van der Waals surface area contributed by atoms with E-state index in [9.17, 15) is 0 Å². The van der Waals surface area contributed by atoms with E-state index in [1.54, 1.807) is 0 Å². The van der Waals surface area contributed by atoms with Crippen LogP contribution in [0.3, 0.4) is 0 Å². The molecular formula is C9H20N2O. The molecule has 1 rings (SSSR count). The van der Waals surface area contributed by atoms with E-state index < -0.39 is 0 Å². The Labute approximate surface area is 74.5 Å². The number of hydrogen-bond donors (Lipinski definition) is 2. The van der Waals surface area contributed by atoms with E-state index in [1.165, 1.54) is 0 Å². The molecule has 0 aromatic rings. The minimum Gasteiger partial charge on any atom is -0.394 e. The van der Waals surface area contributed by atoms with Gasteiger partial charge in [-0.05, 0) is 27.2 Å². The van der Waals surface area contributed by atoms with Gasteiger partial charge < -0.3 is 10.8 Å². The summed E-state index contributed by atoms with van der Waals surface area (Å²) in [7, 11) is 0. The summed E-state index contributed by atoms with van der Waals surface area (Å²) >= 11 is 0. The fourth-order valence-electron chi connectivity index (χ4n) is 2.10. The normalized spacial score (nSPS) is 38.0. The maximum atomic E-state index is 9.09. The Morgan fingerprint density at radius 2 is 2.25 bits per heavy atom. The number of nitrogens with two attached hydrogens (primary N) is 1. The molecule has 1 fully saturated rings. The van der Waals surface area contributed by atoms with Crippen LogP contribution in [0.2, 0.25) is 0 Å². The van der Waals surface area contributed by atoms with Crippen LogP contribution in [0.1, 0.15) is 27.2 Å². The van der Waals surface area contributed by atoms with E-state index >= 15 is 0 Å². The Morgan fingerprint density at radius 1 is 1.67 bits per heavy atom. The van der Waals surface area contributed by atoms with Gasteiger partial charge in [0.1, 0.15) is 0 Å². The predicted octanol–water partition coefficient (Wildman–Crippen LogP) is 0.179. The molecule has 0 aromatic heterocycles. The van der Waals surface area contributed by atoms with Crippen LogP contribution in [0.4, 0.5) is 0 Å². The van der Waals surface area contributed by atoms with Gasteiger partial charge in [-0.15, -0.1) is 0 Å². The second-order valence-electron chi connectivity index (χ2n) is 4.34. The smallest absolute Gasteiger partial charge is 0.0624 e. The van der Waals surface area contributed by atoms with Crippen molar-refractivity contribution in [2.24, 2.45) is 5.73 Å². The second-order valence-corrected chi connectivity index (χ2v) is 4.34. The molecule has 0 saturated carbocycles. The summed E-state index contributed by atoms with van der Waals surface area (Å²) in [5, 5.41) is 9.09. The first-order chi connectivity index (χ1) is 5.48. The summed E-state index contributed by atoms with van der Waals surface area (Å²) in [5.74, 6) is 0. The van der Waals surface area contributed by atoms with Crippen molar-refractivity contribution in [2.75, 3.05) is 13.2 Å². The van der Waals surface area contributed by atoms with Gasteiger partial charge in [-0.2, -0.15) is 0 Å². The Hall–Kier alpha value is -0.120. The molecule has 1 saturated heterocycles. The first-order valence-electron chi connectivity index (χ1n) is 4.64. The van der Waals surface area contributed by atoms with Crippen molar-refractivity contribution in [3.63, 3.8) is 0 Å². The van der Waals surface area contributed by atoms with Gasteiger partial charge >= 0.3 is 0 Å². The lowest BCUT2D eigenvalue weighted by molar-refractivity contribution is 0.176. The van der Waals surface area contributed by atoms with Crippen LogP contribution in [0.25, 0.3) is 0 Å². The molecule has 2 atom stereocenters. The van der Waals surface area contributed by atoms with Gasteiger partial charge in [-0.25, -0.2) is 0 Å². The molecule has 0 spiro atoms. The van der Waals surface area contributed by atoms with Gasteiger partial charge in [0.05, 0.1) is 12.1 Å². The molecular weight excluding hydrogens is 152 g/mol. The SMILES string of the molecule is CC(C)N1CC(N)(CO)CC1C. The van der Waals surface area contributed by atoms with Crippen molar-refractivity contribution in [1.82, 2.24) is 4.90 Å². The number of likely N-dealkylation sites (tertiary alicyclic amines) is 1. The van der Waals surface area contributed by atoms with E-state index in [1.807, 2.05) is 0 Å². The molecule has 1 aliphatic rings. The fourth-order valence-corrected chi connectivity index (χ4v) is 2.10. The van der Waals surface area contributed by atoms with Gasteiger partial charge in [-0.3, -0.25) is 4.90 Å². The molecule has 0 aliphatic carbocycles. The molecule has 72 valence electrons. The average Bonchev–Trinajstić information content (AvgIpc) is 2.28. The Bertz CT molecular complexity index is 161. The largest absolute Gasteiger partial charge is 0.394 e. The summed E-state index contributed by atoms with van der Waals surface area (Å²) in [4.78, 5) is 2.34. The van der Waals surface area contributed by atoms with E-state index in [4.69, 9.17) is 10.8 Å². The van der Waals surface area contributed by atoms with Gasteiger partial charge in [0.15, 0.2) is 0 Å². The van der Waals surface area contributed by atoms with Crippen LogP contribution < -0.4 is 5.73 Å². The van der Waals surface area contributed by atoms with E-state index in [0.29, 0.717) is 12.1 Å². The first kappa shape index (κ1) is 9.96. The van der Waals surface area contributed by atoms with Crippen molar-refractivity contribution in [3.8, 4) is 0 Å². The molecule has 0 aromatic carbocycles. The van der Waals surface area contributed by atoms with Crippen LogP contribution in [0.5, 0.6) is 0 Å². The minimum atomic E-state index is -0.357. The van der Waals surface area contributed by atoms with Gasteiger partial charge in [0, 0.05) is 18.6 Å². The van der Waals surface area contributed by atoms with Gasteiger partial charge in [0.2, 0.25) is 0 Å². The van der Waals surface area contributed by atoms with Gasteiger partial charge in [0.25, 0.3) is 0 Å². The van der Waals surface area contributed by atoms with Crippen LogP contribution in [-0.2, 0) is 0 Å². The maximum absolute atomic E-state index is 9.09. The summed E-state index contributed by atoms with van der Waals surface area (Å²) < 4.78 is 0. The summed E-state index contributed by atoms with van der Waals surface area (Å²) in [5.41, 5.74) is 5.63. The summed E-state index contributed by atoms with van der Waals surface area (Å²) in [6.45, 7) is 7.42. The lowest BCUT2D eigenvalue weighted by atomic mass is 9.99. The van der Waals surface area contributed by atoms with Crippen molar-refractivity contribution < 1.29 is 5.11 Å². The second kappa shape index (κ2) is 3.32. The molecule has 3 nitrogen and oxygen atoms in total. The van der Waals surface area contributed by atoms with Crippen molar-refractivity contribution in [3.05, 3.63) is 0 Å². The van der Waals surface area contributed by atoms with E-state index in [0.717, 1.165) is 13.0 Å². The monoisotopic (exact) mass is 172 g/mol. The summed E-state index contributed by atoms with van der Waals surface area (Å²) in [6.07, 6.45) is 0.904. The number of aliphatic hydroxyl groups is 1. The molecule has 0 radical (unpaired) electrons. The van der Waals surface area contributed by atoms with Crippen molar-refractivity contribution in [2.45, 2.75) is 44.8 Å². The Morgan fingerprint density at radius 3 is 2.50 bits per heavy atom. The maximum Gasteiger partial charge on any atom is 0.0624 e. The fraction of sp³-hybridized carbons (Fsp3) is 1.00. The highest BCUT2D eigenvalue weighted by Gasteiger charge is 2.39. The predicted molar refractivity (Wildman–Crippen MR) is 49.9 cm³/mol. The molecule has 2 unspecified atom stereocenters. The molecule has 1 heterocycles. The zero-order valence-electron chi connectivity index (χ0n) is 8.25. The average molecular weight is 172 g/mol. The Kier molecular flexibility index (Phi) is 2.76. The Balaban J connectivity index is 2.61. The van der Waals surface area contributed by atoms with Crippen molar-refractivity contribution in [1.29, 1.82) is 0 Å². The first-order valence-corrected chi connectivity index (χ1v) is 4.64. The quantitative estimate of drug-likeness (QED) is 0.624. The molecule has 3 N–H and O–H groups in total. The van der Waals surface area contributed by atoms with Crippen molar-refractivity contribution >= 4 is 0 Å².